The first-order chi connectivity index (χ1) is 16.5. The lowest BCUT2D eigenvalue weighted by molar-refractivity contribution is -0.142. The van der Waals surface area contributed by atoms with Crippen LogP contribution in [0.25, 0.3) is 5.65 Å². The van der Waals surface area contributed by atoms with Crippen LogP contribution in [0, 0.1) is 10.8 Å². The Hall–Kier alpha value is -3.56. The van der Waals surface area contributed by atoms with Crippen LogP contribution in [0.2, 0.25) is 0 Å². The number of benzene rings is 1. The van der Waals surface area contributed by atoms with Crippen molar-refractivity contribution in [2.45, 2.75) is 26.0 Å². The molecule has 2 aromatic heterocycles. The molecule has 9 heteroatoms. The average molecular weight is 463 g/mol. The first-order valence-corrected chi connectivity index (χ1v) is 11.3. The van der Waals surface area contributed by atoms with Crippen molar-refractivity contribution in [3.63, 3.8) is 0 Å². The smallest absolute Gasteiger partial charge is 0.251 e. The van der Waals surface area contributed by atoms with Gasteiger partial charge in [0.25, 0.3) is 5.91 Å². The zero-order valence-corrected chi connectivity index (χ0v) is 19.5. The number of nitrogens with zero attached hydrogens (tertiary/aromatic N) is 4. The van der Waals surface area contributed by atoms with E-state index in [4.69, 9.17) is 25.3 Å². The molecular formula is C25H30N6O3. The zero-order chi connectivity index (χ0) is 24.1. The predicted octanol–water partition coefficient (Wildman–Crippen LogP) is 3.21. The van der Waals surface area contributed by atoms with E-state index in [0.29, 0.717) is 36.7 Å². The molecule has 1 unspecified atom stereocenters. The number of imidazole rings is 1. The maximum absolute atomic E-state index is 12.3. The molecule has 9 nitrogen and oxygen atoms in total. The molecule has 3 aromatic rings. The van der Waals surface area contributed by atoms with Crippen LogP contribution < -0.4 is 4.74 Å². The van der Waals surface area contributed by atoms with Crippen LogP contribution in [0.5, 0.6) is 11.5 Å². The Morgan fingerprint density at radius 3 is 2.47 bits per heavy atom. The number of carbonyl (C=O) groups excluding carboxylic acids is 1. The zero-order valence-electron chi connectivity index (χ0n) is 19.5. The summed E-state index contributed by atoms with van der Waals surface area (Å²) in [4.78, 5) is 21.2. The molecule has 0 saturated carbocycles. The summed E-state index contributed by atoms with van der Waals surface area (Å²) in [6.45, 7) is 5.50. The van der Waals surface area contributed by atoms with Crippen molar-refractivity contribution in [3.05, 3.63) is 60.0 Å². The SMILES string of the molecule is COC(C)C(=O)N1CCN(Cc2cn3cc(Oc4ccc(C(=N)CC=N)cc4)ccc3n2)CC1. The largest absolute Gasteiger partial charge is 0.456 e. The van der Waals surface area contributed by atoms with E-state index in [9.17, 15) is 4.79 Å². The minimum atomic E-state index is -0.403. The van der Waals surface area contributed by atoms with Gasteiger partial charge in [0.1, 0.15) is 23.3 Å². The second-order valence-corrected chi connectivity index (χ2v) is 8.36. The predicted molar refractivity (Wildman–Crippen MR) is 130 cm³/mol. The molecule has 1 amide bonds. The Balaban J connectivity index is 1.36. The van der Waals surface area contributed by atoms with E-state index in [1.54, 1.807) is 14.0 Å². The second kappa shape index (κ2) is 10.6. The molecule has 1 aromatic carbocycles. The highest BCUT2D eigenvalue weighted by Gasteiger charge is 2.25. The molecule has 178 valence electrons. The van der Waals surface area contributed by atoms with Gasteiger partial charge in [-0.25, -0.2) is 4.98 Å². The van der Waals surface area contributed by atoms with E-state index < -0.39 is 6.10 Å². The van der Waals surface area contributed by atoms with Gasteiger partial charge in [-0.2, -0.15) is 0 Å². The number of amides is 1. The normalized spacial score (nSPS) is 15.3. The van der Waals surface area contributed by atoms with Gasteiger partial charge in [0.05, 0.1) is 11.9 Å². The van der Waals surface area contributed by atoms with Crippen LogP contribution in [0.4, 0.5) is 0 Å². The Kier molecular flexibility index (Phi) is 7.34. The van der Waals surface area contributed by atoms with Gasteiger partial charge in [-0.1, -0.05) is 0 Å². The fourth-order valence-electron chi connectivity index (χ4n) is 3.95. The van der Waals surface area contributed by atoms with Gasteiger partial charge in [-0.15, -0.1) is 0 Å². The summed E-state index contributed by atoms with van der Waals surface area (Å²) in [7, 11) is 1.56. The summed E-state index contributed by atoms with van der Waals surface area (Å²) >= 11 is 0. The van der Waals surface area contributed by atoms with Gasteiger partial charge < -0.3 is 29.6 Å². The van der Waals surface area contributed by atoms with E-state index in [0.717, 1.165) is 36.5 Å². The number of pyridine rings is 1. The maximum Gasteiger partial charge on any atom is 0.251 e. The summed E-state index contributed by atoms with van der Waals surface area (Å²) in [5.74, 6) is 1.42. The molecule has 1 saturated heterocycles. The molecule has 0 spiro atoms. The van der Waals surface area contributed by atoms with Gasteiger partial charge >= 0.3 is 0 Å². The monoisotopic (exact) mass is 462 g/mol. The summed E-state index contributed by atoms with van der Waals surface area (Å²) in [5, 5.41) is 15.1. The van der Waals surface area contributed by atoms with Gasteiger partial charge in [-0.05, 0) is 48.9 Å². The summed E-state index contributed by atoms with van der Waals surface area (Å²) in [5.41, 5.74) is 3.01. The van der Waals surface area contributed by atoms with Gasteiger partial charge in [0, 0.05) is 64.4 Å². The Morgan fingerprint density at radius 1 is 1.09 bits per heavy atom. The van der Waals surface area contributed by atoms with Crippen molar-refractivity contribution in [3.8, 4) is 11.5 Å². The number of hydrogen-bond donors (Lipinski definition) is 2. The number of carbonyl (C=O) groups is 1. The minimum Gasteiger partial charge on any atom is -0.456 e. The number of piperazine rings is 1. The van der Waals surface area contributed by atoms with Gasteiger partial charge in [0.15, 0.2) is 0 Å². The summed E-state index contributed by atoms with van der Waals surface area (Å²) < 4.78 is 13.1. The molecule has 4 rings (SSSR count). The molecule has 0 bridgehead atoms. The topological polar surface area (TPSA) is 107 Å². The van der Waals surface area contributed by atoms with Crippen LogP contribution in [-0.4, -0.2) is 76.4 Å². The summed E-state index contributed by atoms with van der Waals surface area (Å²) in [6.07, 6.45) is 5.06. The lowest BCUT2D eigenvalue weighted by Gasteiger charge is -2.35. The Labute approximate surface area is 198 Å². The number of rotatable bonds is 9. The molecule has 1 aliphatic rings. The number of nitrogens with one attached hydrogen (secondary N) is 2. The van der Waals surface area contributed by atoms with Crippen molar-refractivity contribution in [1.29, 1.82) is 10.8 Å². The highest BCUT2D eigenvalue weighted by atomic mass is 16.5. The fourth-order valence-corrected chi connectivity index (χ4v) is 3.95. The number of aromatic nitrogens is 2. The number of hydrogen-bond acceptors (Lipinski definition) is 7. The summed E-state index contributed by atoms with van der Waals surface area (Å²) in [6, 6.07) is 11.1. The number of fused-ring (bicyclic) bond motifs is 1. The molecular weight excluding hydrogens is 432 g/mol. The minimum absolute atomic E-state index is 0.0432. The van der Waals surface area contributed by atoms with Crippen LogP contribution in [0.3, 0.4) is 0 Å². The molecule has 1 aliphatic heterocycles. The number of ether oxygens (including phenoxy) is 2. The highest BCUT2D eigenvalue weighted by Crippen LogP contribution is 2.23. The van der Waals surface area contributed by atoms with E-state index >= 15 is 0 Å². The van der Waals surface area contributed by atoms with Gasteiger partial charge in [-0.3, -0.25) is 9.69 Å². The van der Waals surface area contributed by atoms with E-state index in [-0.39, 0.29) is 5.91 Å². The first-order valence-electron chi connectivity index (χ1n) is 11.3. The standard InChI is InChI=1S/C25H30N6O3/c1-18(33-2)25(32)30-13-11-29(12-14-30)15-20-16-31-17-22(7-8-24(31)28-20)34-21-5-3-19(4-6-21)23(27)9-10-26/h3-8,10,16-18,26-27H,9,11-15H2,1-2H3. The molecule has 2 N–H and O–H groups in total. The van der Waals surface area contributed by atoms with Crippen molar-refractivity contribution < 1.29 is 14.3 Å². The number of methoxy groups -OCH3 is 1. The second-order valence-electron chi connectivity index (χ2n) is 8.36. The van der Waals surface area contributed by atoms with Crippen molar-refractivity contribution in [2.24, 2.45) is 0 Å². The third-order valence-electron chi connectivity index (χ3n) is 5.99. The molecule has 1 fully saturated rings. The Morgan fingerprint density at radius 2 is 1.79 bits per heavy atom. The fraction of sp³-hybridized carbons (Fsp3) is 0.360. The quantitative estimate of drug-likeness (QED) is 0.475. The molecule has 0 radical (unpaired) electrons. The van der Waals surface area contributed by atoms with Crippen molar-refractivity contribution in [1.82, 2.24) is 19.2 Å². The van der Waals surface area contributed by atoms with Crippen LogP contribution in [0.1, 0.15) is 24.6 Å². The third kappa shape index (κ3) is 5.49. The average Bonchev–Trinajstić information content (AvgIpc) is 3.25. The van der Waals surface area contributed by atoms with E-state index in [1.807, 2.05) is 58.1 Å². The van der Waals surface area contributed by atoms with E-state index in [2.05, 4.69) is 4.90 Å². The highest BCUT2D eigenvalue weighted by molar-refractivity contribution is 6.04. The van der Waals surface area contributed by atoms with Gasteiger partial charge in [0.2, 0.25) is 0 Å². The molecule has 0 aliphatic carbocycles. The maximum atomic E-state index is 12.3. The first kappa shape index (κ1) is 23.6. The lowest BCUT2D eigenvalue weighted by atomic mass is 10.1. The van der Waals surface area contributed by atoms with Crippen molar-refractivity contribution in [2.75, 3.05) is 33.3 Å². The van der Waals surface area contributed by atoms with Crippen molar-refractivity contribution >= 4 is 23.5 Å². The van der Waals surface area contributed by atoms with Crippen LogP contribution in [0.15, 0.2) is 48.8 Å². The molecule has 1 atom stereocenters. The van der Waals surface area contributed by atoms with Crippen LogP contribution >= 0.6 is 0 Å². The lowest BCUT2D eigenvalue weighted by Crippen LogP contribution is -2.50. The van der Waals surface area contributed by atoms with E-state index in [1.165, 1.54) is 6.21 Å². The van der Waals surface area contributed by atoms with Crippen LogP contribution in [-0.2, 0) is 16.1 Å². The molecule has 3 heterocycles. The third-order valence-corrected chi connectivity index (χ3v) is 5.99. The molecule has 34 heavy (non-hydrogen) atoms. The Bertz CT molecular complexity index is 1170.